The van der Waals surface area contributed by atoms with Crippen molar-refractivity contribution in [3.8, 4) is 5.75 Å². The normalized spacial score (nSPS) is 11.1. The molecule has 1 heterocycles. The largest absolute Gasteiger partial charge is 0.506 e. The minimum absolute atomic E-state index is 0.239. The van der Waals surface area contributed by atoms with Crippen LogP contribution < -0.4 is 0 Å². The Labute approximate surface area is 127 Å². The van der Waals surface area contributed by atoms with Crippen molar-refractivity contribution in [1.82, 2.24) is 4.98 Å². The number of nitrogens with one attached hydrogen (secondary N) is 1. The molecule has 0 atom stereocenters. The summed E-state index contributed by atoms with van der Waals surface area (Å²) in [5.74, 6) is 0.239. The van der Waals surface area contributed by atoms with Crippen LogP contribution in [0.2, 0.25) is 0 Å². The van der Waals surface area contributed by atoms with Crippen molar-refractivity contribution < 1.29 is 5.11 Å². The first-order valence-corrected chi connectivity index (χ1v) is 7.45. The molecule has 96 valence electrons. The molecule has 0 amide bonds. The first-order valence-electron chi connectivity index (χ1n) is 5.87. The molecule has 0 radical (unpaired) electrons. The van der Waals surface area contributed by atoms with Gasteiger partial charge >= 0.3 is 0 Å². The third kappa shape index (κ3) is 2.42. The van der Waals surface area contributed by atoms with Crippen molar-refractivity contribution in [2.75, 3.05) is 0 Å². The highest BCUT2D eigenvalue weighted by atomic mass is 79.9. The third-order valence-electron chi connectivity index (χ3n) is 3.15. The summed E-state index contributed by atoms with van der Waals surface area (Å²) in [5.41, 5.74) is 3.54. The Hall–Kier alpha value is -1.26. The molecule has 4 heteroatoms. The number of aromatic hydroxyl groups is 1. The monoisotopic (exact) mass is 379 g/mol. The van der Waals surface area contributed by atoms with Crippen LogP contribution in [0.15, 0.2) is 51.5 Å². The molecule has 0 spiro atoms. The second-order valence-corrected chi connectivity index (χ2v) is 6.15. The number of phenols is 1. The van der Waals surface area contributed by atoms with Gasteiger partial charge in [-0.15, -0.1) is 0 Å². The maximum atomic E-state index is 9.73. The van der Waals surface area contributed by atoms with E-state index < -0.39 is 0 Å². The average Bonchev–Trinajstić information content (AvgIpc) is 2.79. The maximum Gasteiger partial charge on any atom is 0.143 e. The number of fused-ring (bicyclic) bond motifs is 1. The number of rotatable bonds is 2. The lowest BCUT2D eigenvalue weighted by molar-refractivity contribution is 0.468. The lowest BCUT2D eigenvalue weighted by Gasteiger charge is -2.05. The summed E-state index contributed by atoms with van der Waals surface area (Å²) in [6, 6.07) is 12.1. The maximum absolute atomic E-state index is 9.73. The second-order valence-electron chi connectivity index (χ2n) is 4.44. The van der Waals surface area contributed by atoms with Crippen molar-refractivity contribution in [2.45, 2.75) is 6.42 Å². The molecule has 0 aliphatic rings. The van der Waals surface area contributed by atoms with E-state index in [0.29, 0.717) is 8.95 Å². The standard InChI is InChI=1S/C15H11Br2NO/c16-12-6-9(7-13(17)15(12)19)5-10-8-18-14-4-2-1-3-11(10)14/h1-4,6-8,18-19H,5H2. The number of H-pyrrole nitrogens is 1. The number of benzene rings is 2. The van der Waals surface area contributed by atoms with Gasteiger partial charge in [-0.3, -0.25) is 0 Å². The lowest BCUT2D eigenvalue weighted by Crippen LogP contribution is -1.88. The van der Waals surface area contributed by atoms with Crippen molar-refractivity contribution in [3.63, 3.8) is 0 Å². The molecule has 3 aromatic rings. The summed E-state index contributed by atoms with van der Waals surface area (Å²) in [4.78, 5) is 3.28. The smallest absolute Gasteiger partial charge is 0.143 e. The van der Waals surface area contributed by atoms with Crippen LogP contribution in [0.1, 0.15) is 11.1 Å². The molecule has 19 heavy (non-hydrogen) atoms. The van der Waals surface area contributed by atoms with Gasteiger partial charge in [-0.2, -0.15) is 0 Å². The van der Waals surface area contributed by atoms with Crippen LogP contribution in [0.5, 0.6) is 5.75 Å². The van der Waals surface area contributed by atoms with Gasteiger partial charge in [0.15, 0.2) is 0 Å². The Morgan fingerprint density at radius 1 is 1.05 bits per heavy atom. The number of halogens is 2. The van der Waals surface area contributed by atoms with E-state index in [9.17, 15) is 5.11 Å². The molecule has 0 saturated heterocycles. The summed E-state index contributed by atoms with van der Waals surface area (Å²) in [5, 5.41) is 11.0. The van der Waals surface area contributed by atoms with Gasteiger partial charge in [0.2, 0.25) is 0 Å². The lowest BCUT2D eigenvalue weighted by atomic mass is 10.0. The van der Waals surface area contributed by atoms with E-state index in [1.165, 1.54) is 10.9 Å². The molecule has 0 unspecified atom stereocenters. The van der Waals surface area contributed by atoms with E-state index in [4.69, 9.17) is 0 Å². The van der Waals surface area contributed by atoms with Gasteiger partial charge in [0.1, 0.15) is 5.75 Å². The molecule has 0 fully saturated rings. The summed E-state index contributed by atoms with van der Waals surface area (Å²) in [7, 11) is 0. The van der Waals surface area contributed by atoms with Crippen molar-refractivity contribution >= 4 is 42.8 Å². The Morgan fingerprint density at radius 2 is 1.74 bits per heavy atom. The predicted molar refractivity (Wildman–Crippen MR) is 84.6 cm³/mol. The Morgan fingerprint density at radius 3 is 2.47 bits per heavy atom. The van der Waals surface area contributed by atoms with Gasteiger partial charge < -0.3 is 10.1 Å². The molecule has 0 aliphatic heterocycles. The zero-order valence-electron chi connectivity index (χ0n) is 9.95. The number of hydrogen-bond donors (Lipinski definition) is 2. The minimum Gasteiger partial charge on any atom is -0.506 e. The molecule has 2 N–H and O–H groups in total. The minimum atomic E-state index is 0.239. The number of aromatic amines is 1. The summed E-state index contributed by atoms with van der Waals surface area (Å²) >= 11 is 6.73. The van der Waals surface area contributed by atoms with E-state index in [1.54, 1.807) is 0 Å². The number of phenolic OH excluding ortho intramolecular Hbond substituents is 1. The molecule has 0 saturated carbocycles. The fourth-order valence-corrected chi connectivity index (χ4v) is 3.50. The van der Waals surface area contributed by atoms with Gasteiger partial charge in [-0.1, -0.05) is 18.2 Å². The number of hydrogen-bond acceptors (Lipinski definition) is 1. The quantitative estimate of drug-likeness (QED) is 0.645. The zero-order valence-corrected chi connectivity index (χ0v) is 13.1. The van der Waals surface area contributed by atoms with E-state index in [2.05, 4.69) is 49.0 Å². The predicted octanol–water partition coefficient (Wildman–Crippen LogP) is 4.99. The fraction of sp³-hybridized carbons (Fsp3) is 0.0667. The van der Waals surface area contributed by atoms with E-state index in [1.807, 2.05) is 30.5 Å². The summed E-state index contributed by atoms with van der Waals surface area (Å²) < 4.78 is 1.41. The second kappa shape index (κ2) is 5.02. The van der Waals surface area contributed by atoms with Crippen LogP contribution in [0.25, 0.3) is 10.9 Å². The molecule has 3 rings (SSSR count). The summed E-state index contributed by atoms with van der Waals surface area (Å²) in [6.07, 6.45) is 2.86. The molecule has 0 aliphatic carbocycles. The third-order valence-corrected chi connectivity index (χ3v) is 4.36. The molecule has 1 aromatic heterocycles. The molecule has 2 nitrogen and oxygen atoms in total. The van der Waals surface area contributed by atoms with Gasteiger partial charge in [0.05, 0.1) is 8.95 Å². The first-order chi connectivity index (χ1) is 9.15. The van der Waals surface area contributed by atoms with Crippen LogP contribution in [-0.4, -0.2) is 10.1 Å². The highest BCUT2D eigenvalue weighted by Crippen LogP contribution is 2.34. The number of para-hydroxylation sites is 1. The van der Waals surface area contributed by atoms with Crippen LogP contribution in [0.3, 0.4) is 0 Å². The average molecular weight is 381 g/mol. The summed E-state index contributed by atoms with van der Waals surface area (Å²) in [6.45, 7) is 0. The van der Waals surface area contributed by atoms with Gasteiger partial charge in [-0.05, 0) is 67.6 Å². The zero-order chi connectivity index (χ0) is 13.4. The van der Waals surface area contributed by atoms with E-state index in [0.717, 1.165) is 17.5 Å². The molecule has 2 aromatic carbocycles. The molecular weight excluding hydrogens is 370 g/mol. The SMILES string of the molecule is Oc1c(Br)cc(Cc2c[nH]c3ccccc23)cc1Br. The van der Waals surface area contributed by atoms with E-state index in [-0.39, 0.29) is 5.75 Å². The van der Waals surface area contributed by atoms with Crippen molar-refractivity contribution in [2.24, 2.45) is 0 Å². The van der Waals surface area contributed by atoms with E-state index >= 15 is 0 Å². The van der Waals surface area contributed by atoms with Crippen molar-refractivity contribution in [1.29, 1.82) is 0 Å². The highest BCUT2D eigenvalue weighted by Gasteiger charge is 2.08. The Balaban J connectivity index is 2.01. The van der Waals surface area contributed by atoms with Crippen molar-refractivity contribution in [3.05, 3.63) is 62.7 Å². The van der Waals surface area contributed by atoms with Gasteiger partial charge in [-0.25, -0.2) is 0 Å². The fourth-order valence-electron chi connectivity index (χ4n) is 2.22. The van der Waals surface area contributed by atoms with Gasteiger partial charge in [0, 0.05) is 17.1 Å². The van der Waals surface area contributed by atoms with Gasteiger partial charge in [0.25, 0.3) is 0 Å². The first kappa shape index (κ1) is 12.8. The Bertz CT molecular complexity index is 726. The van der Waals surface area contributed by atoms with Crippen LogP contribution >= 0.6 is 31.9 Å². The highest BCUT2D eigenvalue weighted by molar-refractivity contribution is 9.11. The molecule has 0 bridgehead atoms. The van der Waals surface area contributed by atoms with Crippen LogP contribution in [-0.2, 0) is 6.42 Å². The van der Waals surface area contributed by atoms with Crippen LogP contribution in [0, 0.1) is 0 Å². The van der Waals surface area contributed by atoms with Crippen LogP contribution in [0.4, 0.5) is 0 Å². The number of aromatic nitrogens is 1. The molecular formula is C15H11Br2NO. The topological polar surface area (TPSA) is 36.0 Å². The Kier molecular flexibility index (Phi) is 3.37.